The summed E-state index contributed by atoms with van der Waals surface area (Å²) in [7, 11) is -3.69. The molecule has 1 aromatic heterocycles. The van der Waals surface area contributed by atoms with Crippen LogP contribution in [0.15, 0.2) is 48.8 Å². The van der Waals surface area contributed by atoms with Gasteiger partial charge >= 0.3 is 0 Å². The van der Waals surface area contributed by atoms with E-state index < -0.39 is 15.4 Å². The minimum absolute atomic E-state index is 0.137. The van der Waals surface area contributed by atoms with Crippen LogP contribution in [0.2, 0.25) is 0 Å². The Hall–Kier alpha value is -2.45. The predicted octanol–water partition coefficient (Wildman–Crippen LogP) is 3.39. The van der Waals surface area contributed by atoms with E-state index in [2.05, 4.69) is 14.8 Å². The van der Waals surface area contributed by atoms with Gasteiger partial charge in [0.1, 0.15) is 5.37 Å². The van der Waals surface area contributed by atoms with E-state index in [0.717, 1.165) is 25.2 Å². The quantitative estimate of drug-likeness (QED) is 0.552. The summed E-state index contributed by atoms with van der Waals surface area (Å²) in [6.07, 6.45) is 4.87. The molecular formula is C23H32N4O3S. The molecule has 1 aromatic carbocycles. The SMILES string of the molecule is CCCC(N1CCN(c2ccncc2)CC1)S(=O)(=O)N(CC)c1ccccc1C(C)=O. The van der Waals surface area contributed by atoms with Gasteiger partial charge in [-0.15, -0.1) is 0 Å². The summed E-state index contributed by atoms with van der Waals surface area (Å²) < 4.78 is 29.1. The summed E-state index contributed by atoms with van der Waals surface area (Å²) >= 11 is 0. The highest BCUT2D eigenvalue weighted by Crippen LogP contribution is 2.29. The topological polar surface area (TPSA) is 73.8 Å². The number of piperazine rings is 1. The molecule has 7 nitrogen and oxygen atoms in total. The molecule has 0 aliphatic carbocycles. The second-order valence-electron chi connectivity index (χ2n) is 7.75. The average Bonchev–Trinajstić information content (AvgIpc) is 2.78. The number of nitrogens with zero attached hydrogens (tertiary/aromatic N) is 4. The third-order valence-corrected chi connectivity index (χ3v) is 8.07. The van der Waals surface area contributed by atoms with Crippen LogP contribution in [0.25, 0.3) is 0 Å². The number of hydrogen-bond acceptors (Lipinski definition) is 6. The number of benzene rings is 1. The Morgan fingerprint density at radius 2 is 1.71 bits per heavy atom. The van der Waals surface area contributed by atoms with Crippen molar-refractivity contribution in [1.29, 1.82) is 0 Å². The third-order valence-electron chi connectivity index (χ3n) is 5.78. The number of Topliss-reactive ketones (excluding diaryl/α,β-unsaturated/α-hetero) is 1. The molecule has 2 heterocycles. The molecule has 0 bridgehead atoms. The lowest BCUT2D eigenvalue weighted by atomic mass is 10.1. The number of anilines is 2. The fourth-order valence-electron chi connectivity index (χ4n) is 4.21. The van der Waals surface area contributed by atoms with Crippen molar-refractivity contribution in [2.45, 2.75) is 39.0 Å². The number of aromatic nitrogens is 1. The van der Waals surface area contributed by atoms with Crippen LogP contribution in [0, 0.1) is 0 Å². The van der Waals surface area contributed by atoms with Gasteiger partial charge in [0.15, 0.2) is 5.78 Å². The highest BCUT2D eigenvalue weighted by Gasteiger charge is 2.37. The Morgan fingerprint density at radius 3 is 2.29 bits per heavy atom. The van der Waals surface area contributed by atoms with Crippen LogP contribution in [0.3, 0.4) is 0 Å². The van der Waals surface area contributed by atoms with Gasteiger partial charge in [0, 0.05) is 56.4 Å². The molecule has 168 valence electrons. The average molecular weight is 445 g/mol. The third kappa shape index (κ3) is 5.07. The molecular weight excluding hydrogens is 412 g/mol. The molecule has 0 N–H and O–H groups in total. The minimum atomic E-state index is -3.69. The normalized spacial score (nSPS) is 16.2. The Labute approximate surface area is 185 Å². The lowest BCUT2D eigenvalue weighted by molar-refractivity contribution is 0.101. The standard InChI is InChI=1S/C23H32N4O3S/c1-4-8-23(26-17-15-25(16-18-26)20-11-13-24-14-12-20)31(29,30)27(5-2)22-10-7-6-9-21(22)19(3)28/h6-7,9-14,23H,4-5,8,15-18H2,1-3H3. The van der Waals surface area contributed by atoms with Crippen molar-refractivity contribution >= 4 is 27.2 Å². The first-order valence-electron chi connectivity index (χ1n) is 10.9. The van der Waals surface area contributed by atoms with E-state index in [4.69, 9.17) is 0 Å². The van der Waals surface area contributed by atoms with E-state index in [1.54, 1.807) is 36.7 Å². The van der Waals surface area contributed by atoms with E-state index in [1.165, 1.54) is 11.2 Å². The summed E-state index contributed by atoms with van der Waals surface area (Å²) in [5.74, 6) is -0.137. The second kappa shape index (κ2) is 10.2. The zero-order chi connectivity index (χ0) is 22.4. The second-order valence-corrected chi connectivity index (χ2v) is 9.77. The molecule has 1 aliphatic heterocycles. The monoisotopic (exact) mass is 444 g/mol. The van der Waals surface area contributed by atoms with Crippen LogP contribution in [0.4, 0.5) is 11.4 Å². The Kier molecular flexibility index (Phi) is 7.67. The summed E-state index contributed by atoms with van der Waals surface area (Å²) in [5.41, 5.74) is 2.01. The van der Waals surface area contributed by atoms with E-state index in [1.807, 2.05) is 26.0 Å². The van der Waals surface area contributed by atoms with Crippen molar-refractivity contribution in [3.8, 4) is 0 Å². The number of para-hydroxylation sites is 1. The number of pyridine rings is 1. The van der Waals surface area contributed by atoms with Gasteiger partial charge in [-0.25, -0.2) is 8.42 Å². The minimum Gasteiger partial charge on any atom is -0.369 e. The first-order chi connectivity index (χ1) is 14.9. The maximum Gasteiger partial charge on any atom is 0.251 e. The molecule has 1 atom stereocenters. The first-order valence-corrected chi connectivity index (χ1v) is 12.4. The molecule has 8 heteroatoms. The van der Waals surface area contributed by atoms with Crippen LogP contribution >= 0.6 is 0 Å². The van der Waals surface area contributed by atoms with Gasteiger partial charge in [0.25, 0.3) is 10.0 Å². The zero-order valence-corrected chi connectivity index (χ0v) is 19.4. The van der Waals surface area contributed by atoms with E-state index in [0.29, 0.717) is 30.8 Å². The van der Waals surface area contributed by atoms with Gasteiger partial charge < -0.3 is 4.90 Å². The number of sulfonamides is 1. The van der Waals surface area contributed by atoms with Crippen molar-refractivity contribution in [1.82, 2.24) is 9.88 Å². The van der Waals surface area contributed by atoms with E-state index in [-0.39, 0.29) is 12.3 Å². The lowest BCUT2D eigenvalue weighted by Crippen LogP contribution is -2.55. The largest absolute Gasteiger partial charge is 0.369 e. The fourth-order valence-corrected chi connectivity index (χ4v) is 6.42. The Bertz CT molecular complexity index is 973. The van der Waals surface area contributed by atoms with Crippen molar-refractivity contribution in [3.05, 3.63) is 54.4 Å². The molecule has 31 heavy (non-hydrogen) atoms. The van der Waals surface area contributed by atoms with Crippen LogP contribution in [-0.4, -0.2) is 62.2 Å². The Balaban J connectivity index is 1.85. The van der Waals surface area contributed by atoms with Gasteiger partial charge in [-0.05, 0) is 44.5 Å². The first kappa shape index (κ1) is 23.2. The molecule has 0 spiro atoms. The zero-order valence-electron chi connectivity index (χ0n) is 18.6. The number of ketones is 1. The van der Waals surface area contributed by atoms with Crippen LogP contribution in [0.1, 0.15) is 44.0 Å². The highest BCUT2D eigenvalue weighted by atomic mass is 32.2. The number of carbonyl (C=O) groups excluding carboxylic acids is 1. The van der Waals surface area contributed by atoms with Crippen molar-refractivity contribution < 1.29 is 13.2 Å². The summed E-state index contributed by atoms with van der Waals surface area (Å²) in [6.45, 7) is 8.43. The number of rotatable bonds is 9. The molecule has 3 rings (SSSR count). The molecule has 1 unspecified atom stereocenters. The molecule has 2 aromatic rings. The van der Waals surface area contributed by atoms with Crippen LogP contribution in [-0.2, 0) is 10.0 Å². The maximum atomic E-state index is 13.8. The smallest absolute Gasteiger partial charge is 0.251 e. The predicted molar refractivity (Wildman–Crippen MR) is 125 cm³/mol. The summed E-state index contributed by atoms with van der Waals surface area (Å²) in [4.78, 5) is 20.6. The molecule has 1 saturated heterocycles. The molecule has 0 radical (unpaired) electrons. The number of hydrogen-bond donors (Lipinski definition) is 0. The van der Waals surface area contributed by atoms with E-state index in [9.17, 15) is 13.2 Å². The Morgan fingerprint density at radius 1 is 1.06 bits per heavy atom. The lowest BCUT2D eigenvalue weighted by Gasteiger charge is -2.41. The van der Waals surface area contributed by atoms with Gasteiger partial charge in [-0.1, -0.05) is 25.5 Å². The van der Waals surface area contributed by atoms with Crippen molar-refractivity contribution in [2.24, 2.45) is 0 Å². The van der Waals surface area contributed by atoms with E-state index >= 15 is 0 Å². The van der Waals surface area contributed by atoms with Crippen molar-refractivity contribution in [2.75, 3.05) is 41.9 Å². The van der Waals surface area contributed by atoms with Gasteiger partial charge in [-0.3, -0.25) is 19.0 Å². The fraction of sp³-hybridized carbons (Fsp3) is 0.478. The van der Waals surface area contributed by atoms with Crippen LogP contribution < -0.4 is 9.21 Å². The summed E-state index contributed by atoms with van der Waals surface area (Å²) in [6, 6.07) is 10.9. The number of carbonyl (C=O) groups is 1. The molecule has 1 aliphatic rings. The van der Waals surface area contributed by atoms with Gasteiger partial charge in [0.2, 0.25) is 0 Å². The summed E-state index contributed by atoms with van der Waals surface area (Å²) in [5, 5.41) is -0.614. The maximum absolute atomic E-state index is 13.8. The highest BCUT2D eigenvalue weighted by molar-refractivity contribution is 7.93. The molecule has 0 saturated carbocycles. The molecule has 1 fully saturated rings. The van der Waals surface area contributed by atoms with Crippen LogP contribution in [0.5, 0.6) is 0 Å². The molecule has 0 amide bonds. The van der Waals surface area contributed by atoms with Gasteiger partial charge in [-0.2, -0.15) is 0 Å². The van der Waals surface area contributed by atoms with Gasteiger partial charge in [0.05, 0.1) is 5.69 Å². The van der Waals surface area contributed by atoms with Crippen molar-refractivity contribution in [3.63, 3.8) is 0 Å².